The van der Waals surface area contributed by atoms with Crippen LogP contribution in [0.1, 0.15) is 31.9 Å². The second-order valence-corrected chi connectivity index (χ2v) is 9.72. The highest BCUT2D eigenvalue weighted by molar-refractivity contribution is 9.10. The predicted molar refractivity (Wildman–Crippen MR) is 137 cm³/mol. The number of esters is 1. The van der Waals surface area contributed by atoms with Crippen LogP contribution in [0.5, 0.6) is 0 Å². The normalized spacial score (nSPS) is 20.1. The van der Waals surface area contributed by atoms with Crippen LogP contribution in [0.25, 0.3) is 0 Å². The Labute approximate surface area is 216 Å². The molecule has 3 heterocycles. The fourth-order valence-electron chi connectivity index (χ4n) is 4.19. The molecule has 3 aliphatic heterocycles. The number of carbonyl (C=O) groups is 2. The lowest BCUT2D eigenvalue weighted by Crippen LogP contribution is -2.53. The largest absolute Gasteiger partial charge is 0.463 e. The van der Waals surface area contributed by atoms with E-state index in [1.54, 1.807) is 42.8 Å². The van der Waals surface area contributed by atoms with Crippen LogP contribution in [0, 0.1) is 5.82 Å². The molecule has 0 N–H and O–H groups in total. The summed E-state index contributed by atoms with van der Waals surface area (Å²) in [7, 11) is 0. The van der Waals surface area contributed by atoms with Crippen molar-refractivity contribution in [3.63, 3.8) is 0 Å². The van der Waals surface area contributed by atoms with E-state index >= 15 is 0 Å². The third-order valence-corrected chi connectivity index (χ3v) is 7.17. The SMILES string of the molecule is CCOC(=O)C1=C2CN(C(=O)OCC)CCN2C(C2=NC=CSCC2)=N[C@H]1c1ccc(F)cc1Br. The molecule has 0 bridgehead atoms. The van der Waals surface area contributed by atoms with Gasteiger partial charge in [-0.3, -0.25) is 9.98 Å². The van der Waals surface area contributed by atoms with Crippen LogP contribution in [-0.4, -0.2) is 72.0 Å². The molecule has 0 saturated carbocycles. The highest BCUT2D eigenvalue weighted by Crippen LogP contribution is 2.40. The first-order chi connectivity index (χ1) is 16.9. The average molecular weight is 565 g/mol. The number of carbonyl (C=O) groups excluding carboxylic acids is 2. The molecule has 0 aromatic heterocycles. The molecule has 1 aromatic carbocycles. The van der Waals surface area contributed by atoms with E-state index in [-0.39, 0.29) is 19.8 Å². The molecule has 0 spiro atoms. The lowest BCUT2D eigenvalue weighted by molar-refractivity contribution is -0.139. The van der Waals surface area contributed by atoms with Gasteiger partial charge in [0.1, 0.15) is 11.9 Å². The summed E-state index contributed by atoms with van der Waals surface area (Å²) in [6.07, 6.45) is 1.99. The summed E-state index contributed by atoms with van der Waals surface area (Å²) in [5.41, 5.74) is 2.33. The van der Waals surface area contributed by atoms with E-state index in [4.69, 9.17) is 14.5 Å². The molecule has 1 saturated heterocycles. The van der Waals surface area contributed by atoms with E-state index in [1.165, 1.54) is 12.1 Å². The summed E-state index contributed by atoms with van der Waals surface area (Å²) in [5, 5.41) is 1.93. The van der Waals surface area contributed by atoms with Crippen molar-refractivity contribution in [2.45, 2.75) is 26.3 Å². The van der Waals surface area contributed by atoms with Crippen molar-refractivity contribution in [3.05, 3.63) is 56.9 Å². The number of benzene rings is 1. The summed E-state index contributed by atoms with van der Waals surface area (Å²) in [6, 6.07) is 3.52. The third-order valence-electron chi connectivity index (χ3n) is 5.73. The minimum Gasteiger partial charge on any atom is -0.463 e. The minimum absolute atomic E-state index is 0.152. The maximum Gasteiger partial charge on any atom is 0.410 e. The maximum atomic E-state index is 13.9. The van der Waals surface area contributed by atoms with Crippen LogP contribution >= 0.6 is 27.7 Å². The van der Waals surface area contributed by atoms with Gasteiger partial charge < -0.3 is 19.3 Å². The number of aliphatic imine (C=N–C) groups is 2. The van der Waals surface area contributed by atoms with Gasteiger partial charge in [0, 0.05) is 35.9 Å². The van der Waals surface area contributed by atoms with Gasteiger partial charge in [-0.2, -0.15) is 0 Å². The summed E-state index contributed by atoms with van der Waals surface area (Å²) in [5.74, 6) is 0.547. The standard InChI is InChI=1S/C24H26BrFN4O4S/c1-3-33-23(31)20-19-14-29(24(32)34-4-2)9-10-30(19)22(18-7-11-35-12-8-27-18)28-21(20)16-6-5-15(26)13-17(16)25/h5-6,8,12-13,21H,3-4,7,9-11,14H2,1-2H3/t21-/m0/s1. The Hall–Kier alpha value is -2.66. The van der Waals surface area contributed by atoms with Crippen molar-refractivity contribution in [1.29, 1.82) is 0 Å². The van der Waals surface area contributed by atoms with Crippen molar-refractivity contribution in [1.82, 2.24) is 9.80 Å². The molecule has 1 atom stereocenters. The first-order valence-electron chi connectivity index (χ1n) is 11.4. The molecule has 0 aliphatic carbocycles. The molecule has 4 rings (SSSR count). The molecular weight excluding hydrogens is 539 g/mol. The molecule has 8 nitrogen and oxygen atoms in total. The number of nitrogens with zero attached hydrogens (tertiary/aromatic N) is 4. The fourth-order valence-corrected chi connectivity index (χ4v) is 5.35. The second-order valence-electron chi connectivity index (χ2n) is 7.86. The van der Waals surface area contributed by atoms with Crippen molar-refractivity contribution < 1.29 is 23.5 Å². The van der Waals surface area contributed by atoms with E-state index in [9.17, 15) is 14.0 Å². The highest BCUT2D eigenvalue weighted by Gasteiger charge is 2.41. The van der Waals surface area contributed by atoms with Gasteiger partial charge in [-0.15, -0.1) is 11.8 Å². The molecular formula is C24H26BrFN4O4S. The number of rotatable bonds is 5. The Kier molecular flexibility index (Phi) is 8.27. The lowest BCUT2D eigenvalue weighted by Gasteiger charge is -2.42. The zero-order valence-corrected chi connectivity index (χ0v) is 21.9. The first kappa shape index (κ1) is 25.4. The van der Waals surface area contributed by atoms with Gasteiger partial charge in [0.15, 0.2) is 5.84 Å². The summed E-state index contributed by atoms with van der Waals surface area (Å²) in [6.45, 7) is 4.89. The molecule has 35 heavy (non-hydrogen) atoms. The first-order valence-corrected chi connectivity index (χ1v) is 13.2. The molecule has 1 aromatic rings. The van der Waals surface area contributed by atoms with Crippen molar-refractivity contribution in [3.8, 4) is 0 Å². The Morgan fingerprint density at radius 3 is 2.77 bits per heavy atom. The van der Waals surface area contributed by atoms with Crippen LogP contribution in [0.3, 0.4) is 0 Å². The number of hydrogen-bond acceptors (Lipinski definition) is 8. The Bertz CT molecular complexity index is 1140. The van der Waals surface area contributed by atoms with E-state index in [0.717, 1.165) is 11.5 Å². The van der Waals surface area contributed by atoms with Gasteiger partial charge in [0.25, 0.3) is 0 Å². The van der Waals surface area contributed by atoms with Gasteiger partial charge in [-0.25, -0.2) is 14.0 Å². The number of fused-ring (bicyclic) bond motifs is 1. The van der Waals surface area contributed by atoms with Crippen LogP contribution in [0.2, 0.25) is 0 Å². The van der Waals surface area contributed by atoms with Gasteiger partial charge in [0.2, 0.25) is 0 Å². The second kappa shape index (κ2) is 11.4. The Balaban J connectivity index is 1.88. The molecule has 186 valence electrons. The average Bonchev–Trinajstić information content (AvgIpc) is 3.12. The number of piperazine rings is 1. The fraction of sp³-hybridized carbons (Fsp3) is 0.417. The van der Waals surface area contributed by atoms with Crippen LogP contribution in [-0.2, 0) is 14.3 Å². The summed E-state index contributed by atoms with van der Waals surface area (Å²) < 4.78 is 25.1. The highest BCUT2D eigenvalue weighted by atomic mass is 79.9. The topological polar surface area (TPSA) is 83.8 Å². The smallest absolute Gasteiger partial charge is 0.410 e. The molecule has 11 heteroatoms. The number of amides is 1. The van der Waals surface area contributed by atoms with Crippen molar-refractivity contribution in [2.24, 2.45) is 9.98 Å². The minimum atomic E-state index is -0.769. The lowest BCUT2D eigenvalue weighted by atomic mass is 9.93. The van der Waals surface area contributed by atoms with Gasteiger partial charge in [0.05, 0.1) is 36.7 Å². The van der Waals surface area contributed by atoms with Crippen molar-refractivity contribution in [2.75, 3.05) is 38.6 Å². The third kappa shape index (κ3) is 5.45. The van der Waals surface area contributed by atoms with Crippen LogP contribution in [0.15, 0.2) is 55.5 Å². The predicted octanol–water partition coefficient (Wildman–Crippen LogP) is 4.68. The van der Waals surface area contributed by atoms with Gasteiger partial charge >= 0.3 is 12.1 Å². The summed E-state index contributed by atoms with van der Waals surface area (Å²) >= 11 is 5.11. The number of ether oxygens (including phenoxy) is 2. The zero-order valence-electron chi connectivity index (χ0n) is 19.5. The van der Waals surface area contributed by atoms with E-state index in [1.807, 2.05) is 10.3 Å². The quantitative estimate of drug-likeness (QED) is 0.483. The maximum absolute atomic E-state index is 13.9. The number of hydrogen-bond donors (Lipinski definition) is 0. The molecule has 1 amide bonds. The zero-order chi connectivity index (χ0) is 24.9. The van der Waals surface area contributed by atoms with E-state index in [2.05, 4.69) is 20.9 Å². The Morgan fingerprint density at radius 1 is 1.23 bits per heavy atom. The van der Waals surface area contributed by atoms with Gasteiger partial charge in [-0.1, -0.05) is 22.0 Å². The van der Waals surface area contributed by atoms with Gasteiger partial charge in [-0.05, 0) is 37.0 Å². The monoisotopic (exact) mass is 564 g/mol. The Morgan fingerprint density at radius 2 is 2.03 bits per heavy atom. The molecule has 3 aliphatic rings. The number of amidine groups is 1. The van der Waals surface area contributed by atoms with E-state index in [0.29, 0.717) is 46.7 Å². The summed E-state index contributed by atoms with van der Waals surface area (Å²) in [4.78, 5) is 39.0. The molecule has 1 fully saturated rings. The van der Waals surface area contributed by atoms with Crippen LogP contribution in [0.4, 0.5) is 9.18 Å². The number of thioether (sulfide) groups is 1. The van der Waals surface area contributed by atoms with E-state index < -0.39 is 23.9 Å². The van der Waals surface area contributed by atoms with Crippen molar-refractivity contribution >= 4 is 51.3 Å². The van der Waals surface area contributed by atoms with Crippen LogP contribution < -0.4 is 0 Å². The number of halogens is 2. The molecule has 0 unspecified atom stereocenters. The molecule has 0 radical (unpaired) electrons.